The average molecular weight is 421 g/mol. The van der Waals surface area contributed by atoms with Crippen LogP contribution in [0.4, 0.5) is 5.69 Å². The molecule has 0 aliphatic rings. The number of anilines is 1. The molecule has 2 aromatic rings. The predicted octanol–water partition coefficient (Wildman–Crippen LogP) is 2.74. The summed E-state index contributed by atoms with van der Waals surface area (Å²) in [6.07, 6.45) is 0.419. The summed E-state index contributed by atoms with van der Waals surface area (Å²) in [5, 5.41) is 2.86. The maximum atomic E-state index is 12.4. The normalized spacial score (nSPS) is 13.3. The van der Waals surface area contributed by atoms with E-state index in [-0.39, 0.29) is 11.9 Å². The van der Waals surface area contributed by atoms with Crippen molar-refractivity contribution in [2.24, 2.45) is 0 Å². The number of carbonyl (C=O) groups excluding carboxylic acids is 1. The molecule has 2 aromatic carbocycles. The third-order valence-electron chi connectivity index (χ3n) is 4.35. The molecule has 1 N–H and O–H groups in total. The smallest absolute Gasteiger partial charge is 0.261 e. The van der Waals surface area contributed by atoms with Crippen molar-refractivity contribution in [1.29, 1.82) is 0 Å². The minimum Gasteiger partial charge on any atom is -0.491 e. The van der Waals surface area contributed by atoms with Crippen LogP contribution in [-0.2, 0) is 14.8 Å². The van der Waals surface area contributed by atoms with E-state index in [0.29, 0.717) is 18.0 Å². The number of nitrogens with one attached hydrogen (secondary N) is 1. The zero-order valence-corrected chi connectivity index (χ0v) is 18.2. The number of para-hydroxylation sites is 1. The van der Waals surface area contributed by atoms with Crippen LogP contribution in [0.5, 0.6) is 11.5 Å². The lowest BCUT2D eigenvalue weighted by Crippen LogP contribution is -2.43. The number of hydrogen-bond donors (Lipinski definition) is 1. The number of hydrogen-bond acceptors (Lipinski definition) is 5. The Morgan fingerprint density at radius 3 is 2.31 bits per heavy atom. The molecular formula is C21H28N2O5S. The Balaban J connectivity index is 1.86. The first kappa shape index (κ1) is 22.5. The van der Waals surface area contributed by atoms with E-state index in [4.69, 9.17) is 9.47 Å². The highest BCUT2D eigenvalue weighted by atomic mass is 32.2. The summed E-state index contributed by atoms with van der Waals surface area (Å²) in [5.74, 6) is 1.00. The summed E-state index contributed by atoms with van der Waals surface area (Å²) >= 11 is 0. The fraction of sp³-hybridized carbons (Fsp3) is 0.381. The monoisotopic (exact) mass is 420 g/mol. The van der Waals surface area contributed by atoms with E-state index >= 15 is 0 Å². The summed E-state index contributed by atoms with van der Waals surface area (Å²) in [6, 6.07) is 14.0. The third-order valence-corrected chi connectivity index (χ3v) is 5.56. The average Bonchev–Trinajstić information content (AvgIpc) is 2.66. The largest absolute Gasteiger partial charge is 0.491 e. The molecule has 0 fully saturated rings. The third kappa shape index (κ3) is 6.67. The zero-order valence-electron chi connectivity index (χ0n) is 17.4. The van der Waals surface area contributed by atoms with E-state index < -0.39 is 16.1 Å². The molecule has 7 nitrogen and oxygen atoms in total. The lowest BCUT2D eigenvalue weighted by atomic mass is 10.2. The van der Waals surface area contributed by atoms with Crippen molar-refractivity contribution in [3.63, 3.8) is 0 Å². The predicted molar refractivity (Wildman–Crippen MR) is 114 cm³/mol. The summed E-state index contributed by atoms with van der Waals surface area (Å²) in [7, 11) is -1.86. The molecule has 0 saturated carbocycles. The van der Waals surface area contributed by atoms with E-state index in [1.54, 1.807) is 31.2 Å². The van der Waals surface area contributed by atoms with Gasteiger partial charge in [0.1, 0.15) is 18.1 Å². The van der Waals surface area contributed by atoms with E-state index in [1.165, 1.54) is 11.4 Å². The molecule has 0 aliphatic heterocycles. The quantitative estimate of drug-likeness (QED) is 0.674. The van der Waals surface area contributed by atoms with Crippen LogP contribution in [0, 0.1) is 6.92 Å². The summed E-state index contributed by atoms with van der Waals surface area (Å²) in [4.78, 5) is 12.4. The molecule has 0 saturated heterocycles. The Kier molecular flexibility index (Phi) is 7.50. The molecule has 29 heavy (non-hydrogen) atoms. The maximum absolute atomic E-state index is 12.4. The van der Waals surface area contributed by atoms with Crippen LogP contribution in [0.25, 0.3) is 0 Å². The van der Waals surface area contributed by atoms with E-state index in [2.05, 4.69) is 5.32 Å². The first-order valence-electron chi connectivity index (χ1n) is 9.27. The van der Waals surface area contributed by atoms with E-state index in [1.807, 2.05) is 38.1 Å². The van der Waals surface area contributed by atoms with Gasteiger partial charge in [0.05, 0.1) is 18.0 Å². The van der Waals surface area contributed by atoms with Crippen LogP contribution in [0.1, 0.15) is 19.4 Å². The maximum Gasteiger partial charge on any atom is 0.261 e. The van der Waals surface area contributed by atoms with Gasteiger partial charge in [0.2, 0.25) is 10.0 Å². The van der Waals surface area contributed by atoms with Gasteiger partial charge in [-0.25, -0.2) is 8.42 Å². The molecule has 0 aliphatic carbocycles. The molecule has 0 heterocycles. The van der Waals surface area contributed by atoms with Gasteiger partial charge >= 0.3 is 0 Å². The number of nitrogens with zero attached hydrogens (tertiary/aromatic N) is 1. The molecule has 8 heteroatoms. The Morgan fingerprint density at radius 1 is 1.10 bits per heavy atom. The van der Waals surface area contributed by atoms with Crippen LogP contribution in [0.3, 0.4) is 0 Å². The Morgan fingerprint density at radius 2 is 1.72 bits per heavy atom. The number of sulfonamides is 1. The van der Waals surface area contributed by atoms with Crippen molar-refractivity contribution >= 4 is 21.6 Å². The number of amides is 1. The number of benzene rings is 2. The molecule has 2 rings (SSSR count). The van der Waals surface area contributed by atoms with Gasteiger partial charge < -0.3 is 14.8 Å². The molecular weight excluding hydrogens is 392 g/mol. The molecule has 0 bridgehead atoms. The van der Waals surface area contributed by atoms with Gasteiger partial charge in [-0.05, 0) is 56.7 Å². The van der Waals surface area contributed by atoms with Crippen molar-refractivity contribution < 1.29 is 22.7 Å². The number of aryl methyl sites for hydroxylation is 1. The second-order valence-corrected chi connectivity index (χ2v) is 8.98. The zero-order chi connectivity index (χ0) is 21.6. The first-order valence-corrected chi connectivity index (χ1v) is 11.1. The highest BCUT2D eigenvalue weighted by Gasteiger charge is 2.18. The molecule has 1 amide bonds. The van der Waals surface area contributed by atoms with Gasteiger partial charge in [0.15, 0.2) is 6.10 Å². The lowest BCUT2D eigenvalue weighted by molar-refractivity contribution is -0.128. The summed E-state index contributed by atoms with van der Waals surface area (Å²) in [6.45, 7) is 5.82. The summed E-state index contributed by atoms with van der Waals surface area (Å²) < 4.78 is 35.7. The second kappa shape index (κ2) is 9.65. The fourth-order valence-electron chi connectivity index (χ4n) is 2.52. The van der Waals surface area contributed by atoms with Crippen molar-refractivity contribution in [3.05, 3.63) is 54.1 Å². The fourth-order valence-corrected chi connectivity index (χ4v) is 3.02. The van der Waals surface area contributed by atoms with Crippen LogP contribution < -0.4 is 19.1 Å². The van der Waals surface area contributed by atoms with Crippen molar-refractivity contribution in [1.82, 2.24) is 5.32 Å². The van der Waals surface area contributed by atoms with E-state index in [0.717, 1.165) is 17.6 Å². The SMILES string of the molecule is Cc1ccccc1OCC(C)NC(=O)C(C)Oc1ccc(N(C)S(C)(=O)=O)cc1. The molecule has 0 radical (unpaired) electrons. The molecule has 0 aromatic heterocycles. The standard InChI is InChI=1S/C21H28N2O5S/c1-15-8-6-7-9-20(15)27-14-16(2)22-21(24)17(3)28-19-12-10-18(11-13-19)23(4)29(5,25)26/h6-13,16-17H,14H2,1-5H3,(H,22,24). The summed E-state index contributed by atoms with van der Waals surface area (Å²) in [5.41, 5.74) is 1.55. The van der Waals surface area contributed by atoms with Crippen molar-refractivity contribution in [2.75, 3.05) is 24.2 Å². The molecule has 2 atom stereocenters. The minimum absolute atomic E-state index is 0.195. The number of carbonyl (C=O) groups is 1. The molecule has 2 unspecified atom stereocenters. The number of ether oxygens (including phenoxy) is 2. The topological polar surface area (TPSA) is 84.9 Å². The van der Waals surface area contributed by atoms with Gasteiger partial charge in [-0.1, -0.05) is 18.2 Å². The van der Waals surface area contributed by atoms with Crippen molar-refractivity contribution in [3.8, 4) is 11.5 Å². The minimum atomic E-state index is -3.33. The molecule has 158 valence electrons. The van der Waals surface area contributed by atoms with Gasteiger partial charge in [-0.3, -0.25) is 9.10 Å². The van der Waals surface area contributed by atoms with Crippen molar-refractivity contribution in [2.45, 2.75) is 32.9 Å². The van der Waals surface area contributed by atoms with Gasteiger partial charge in [0, 0.05) is 7.05 Å². The second-order valence-electron chi connectivity index (χ2n) is 6.97. The Labute approximate surface area is 172 Å². The highest BCUT2D eigenvalue weighted by Crippen LogP contribution is 2.21. The first-order chi connectivity index (χ1) is 13.6. The van der Waals surface area contributed by atoms with E-state index in [9.17, 15) is 13.2 Å². The van der Waals surface area contributed by atoms with Crippen LogP contribution in [0.2, 0.25) is 0 Å². The Bertz CT molecular complexity index is 928. The lowest BCUT2D eigenvalue weighted by Gasteiger charge is -2.20. The van der Waals surface area contributed by atoms with Crippen LogP contribution >= 0.6 is 0 Å². The number of rotatable bonds is 9. The van der Waals surface area contributed by atoms with Gasteiger partial charge in [-0.2, -0.15) is 0 Å². The van der Waals surface area contributed by atoms with Gasteiger partial charge in [0.25, 0.3) is 5.91 Å². The van der Waals surface area contributed by atoms with Gasteiger partial charge in [-0.15, -0.1) is 0 Å². The Hall–Kier alpha value is -2.74. The molecule has 0 spiro atoms. The highest BCUT2D eigenvalue weighted by molar-refractivity contribution is 7.92. The van der Waals surface area contributed by atoms with Crippen LogP contribution in [0.15, 0.2) is 48.5 Å². The van der Waals surface area contributed by atoms with Crippen LogP contribution in [-0.4, -0.2) is 46.4 Å².